The summed E-state index contributed by atoms with van der Waals surface area (Å²) in [5.41, 5.74) is 0. The van der Waals surface area contributed by atoms with Crippen LogP contribution in [-0.4, -0.2) is 15.4 Å². The SMILES string of the molecule is CC=CCC[Si](C)(C)OC. The minimum atomic E-state index is -1.27. The fraction of sp³-hybridized carbons (Fsp3) is 0.750. The highest BCUT2D eigenvalue weighted by Crippen LogP contribution is 2.12. The van der Waals surface area contributed by atoms with Crippen LogP contribution in [0.15, 0.2) is 12.2 Å². The number of rotatable bonds is 4. The Morgan fingerprint density at radius 3 is 2.40 bits per heavy atom. The van der Waals surface area contributed by atoms with Crippen molar-refractivity contribution in [3.05, 3.63) is 12.2 Å². The molecule has 0 radical (unpaired) electrons. The summed E-state index contributed by atoms with van der Waals surface area (Å²) in [6.07, 6.45) is 5.47. The molecule has 0 N–H and O–H groups in total. The van der Waals surface area contributed by atoms with Gasteiger partial charge in [0.2, 0.25) is 0 Å². The van der Waals surface area contributed by atoms with Crippen LogP contribution in [0.4, 0.5) is 0 Å². The minimum absolute atomic E-state index is 1.17. The zero-order valence-electron chi connectivity index (χ0n) is 7.48. The molecule has 0 aliphatic rings. The summed E-state index contributed by atoms with van der Waals surface area (Å²) in [5.74, 6) is 0. The Labute approximate surface area is 65.2 Å². The fourth-order valence-corrected chi connectivity index (χ4v) is 1.77. The Morgan fingerprint density at radius 2 is 2.00 bits per heavy atom. The van der Waals surface area contributed by atoms with Crippen molar-refractivity contribution in [2.24, 2.45) is 0 Å². The maximum atomic E-state index is 5.39. The third kappa shape index (κ3) is 4.76. The van der Waals surface area contributed by atoms with Crippen LogP contribution in [0.5, 0.6) is 0 Å². The van der Waals surface area contributed by atoms with Crippen molar-refractivity contribution in [1.82, 2.24) is 0 Å². The lowest BCUT2D eigenvalue weighted by molar-refractivity contribution is 0.403. The van der Waals surface area contributed by atoms with Gasteiger partial charge in [0, 0.05) is 7.11 Å². The molecule has 0 saturated carbocycles. The summed E-state index contributed by atoms with van der Waals surface area (Å²) >= 11 is 0. The first-order chi connectivity index (χ1) is 4.62. The van der Waals surface area contributed by atoms with E-state index in [4.69, 9.17) is 4.43 Å². The normalized spacial score (nSPS) is 12.8. The number of allylic oxidation sites excluding steroid dienone is 2. The highest BCUT2D eigenvalue weighted by molar-refractivity contribution is 6.71. The summed E-state index contributed by atoms with van der Waals surface area (Å²) in [6, 6.07) is 1.23. The quantitative estimate of drug-likeness (QED) is 0.451. The Hall–Kier alpha value is -0.0831. The molecule has 0 rings (SSSR count). The van der Waals surface area contributed by atoms with Gasteiger partial charge in [-0.2, -0.15) is 0 Å². The fourth-order valence-electron chi connectivity index (χ4n) is 0.700. The van der Waals surface area contributed by atoms with Gasteiger partial charge < -0.3 is 4.43 Å². The van der Waals surface area contributed by atoms with Crippen molar-refractivity contribution in [3.63, 3.8) is 0 Å². The summed E-state index contributed by atoms with van der Waals surface area (Å²) in [7, 11) is 0.556. The molecule has 0 aliphatic heterocycles. The van der Waals surface area contributed by atoms with Crippen LogP contribution >= 0.6 is 0 Å². The van der Waals surface area contributed by atoms with Crippen molar-refractivity contribution in [2.45, 2.75) is 32.5 Å². The van der Waals surface area contributed by atoms with Crippen LogP contribution in [0.2, 0.25) is 19.1 Å². The van der Waals surface area contributed by atoms with Crippen LogP contribution in [0.25, 0.3) is 0 Å². The van der Waals surface area contributed by atoms with Crippen molar-refractivity contribution in [3.8, 4) is 0 Å². The summed E-state index contributed by atoms with van der Waals surface area (Å²) in [6.45, 7) is 6.55. The smallest absolute Gasteiger partial charge is 0.186 e. The van der Waals surface area contributed by atoms with Crippen LogP contribution in [-0.2, 0) is 4.43 Å². The van der Waals surface area contributed by atoms with E-state index in [2.05, 4.69) is 32.2 Å². The van der Waals surface area contributed by atoms with Crippen LogP contribution in [0, 0.1) is 0 Å². The molecule has 0 amide bonds. The van der Waals surface area contributed by atoms with Gasteiger partial charge in [-0.15, -0.1) is 0 Å². The predicted octanol–water partition coefficient (Wildman–Crippen LogP) is 2.80. The topological polar surface area (TPSA) is 9.23 Å². The molecule has 0 heterocycles. The maximum Gasteiger partial charge on any atom is 0.186 e. The molecule has 0 spiro atoms. The molecule has 0 fully saturated rings. The lowest BCUT2D eigenvalue weighted by Crippen LogP contribution is -2.27. The van der Waals surface area contributed by atoms with Gasteiger partial charge >= 0.3 is 0 Å². The summed E-state index contributed by atoms with van der Waals surface area (Å²) < 4.78 is 5.39. The molecule has 1 nitrogen and oxygen atoms in total. The first-order valence-electron chi connectivity index (χ1n) is 3.78. The van der Waals surface area contributed by atoms with Gasteiger partial charge in [0.05, 0.1) is 0 Å². The molecule has 2 heteroatoms. The van der Waals surface area contributed by atoms with Gasteiger partial charge in [0.25, 0.3) is 0 Å². The monoisotopic (exact) mass is 158 g/mol. The summed E-state index contributed by atoms with van der Waals surface area (Å²) in [4.78, 5) is 0. The van der Waals surface area contributed by atoms with Crippen molar-refractivity contribution >= 4 is 8.32 Å². The standard InChI is InChI=1S/C8H18OSi/c1-5-6-7-8-10(3,4)9-2/h5-6H,7-8H2,1-4H3. The van der Waals surface area contributed by atoms with E-state index in [-0.39, 0.29) is 0 Å². The van der Waals surface area contributed by atoms with Crippen molar-refractivity contribution < 1.29 is 4.43 Å². The number of hydrogen-bond acceptors (Lipinski definition) is 1. The van der Waals surface area contributed by atoms with Gasteiger partial charge in [-0.05, 0) is 32.5 Å². The Bertz CT molecular complexity index is 108. The van der Waals surface area contributed by atoms with Gasteiger partial charge in [0.1, 0.15) is 0 Å². The van der Waals surface area contributed by atoms with Crippen molar-refractivity contribution in [1.29, 1.82) is 0 Å². The number of hydrogen-bond donors (Lipinski definition) is 0. The molecule has 60 valence electrons. The van der Waals surface area contributed by atoms with Crippen LogP contribution < -0.4 is 0 Å². The Balaban J connectivity index is 3.46. The molecular formula is C8H18OSi. The molecule has 0 aromatic carbocycles. The van der Waals surface area contributed by atoms with E-state index in [0.29, 0.717) is 0 Å². The second-order valence-corrected chi connectivity index (χ2v) is 7.50. The molecule has 10 heavy (non-hydrogen) atoms. The average Bonchev–Trinajstić information content (AvgIpc) is 1.89. The Morgan fingerprint density at radius 1 is 1.40 bits per heavy atom. The van der Waals surface area contributed by atoms with Crippen LogP contribution in [0.1, 0.15) is 13.3 Å². The molecule has 0 unspecified atom stereocenters. The maximum absolute atomic E-state index is 5.39. The average molecular weight is 158 g/mol. The van der Waals surface area contributed by atoms with E-state index in [1.165, 1.54) is 12.5 Å². The van der Waals surface area contributed by atoms with E-state index in [1.54, 1.807) is 0 Å². The van der Waals surface area contributed by atoms with E-state index in [1.807, 2.05) is 7.11 Å². The van der Waals surface area contributed by atoms with Gasteiger partial charge in [-0.1, -0.05) is 12.2 Å². The minimum Gasteiger partial charge on any atom is -0.420 e. The molecular weight excluding hydrogens is 140 g/mol. The second-order valence-electron chi connectivity index (χ2n) is 3.07. The molecule has 0 aliphatic carbocycles. The molecule has 0 saturated heterocycles. The lowest BCUT2D eigenvalue weighted by Gasteiger charge is -2.18. The second kappa shape index (κ2) is 4.69. The first kappa shape index (κ1) is 9.92. The van der Waals surface area contributed by atoms with E-state index < -0.39 is 8.32 Å². The van der Waals surface area contributed by atoms with Crippen LogP contribution in [0.3, 0.4) is 0 Å². The zero-order valence-corrected chi connectivity index (χ0v) is 8.48. The van der Waals surface area contributed by atoms with Crippen molar-refractivity contribution in [2.75, 3.05) is 7.11 Å². The van der Waals surface area contributed by atoms with E-state index >= 15 is 0 Å². The molecule has 0 aromatic rings. The Kier molecular flexibility index (Phi) is 4.65. The largest absolute Gasteiger partial charge is 0.420 e. The zero-order chi connectivity index (χ0) is 8.04. The van der Waals surface area contributed by atoms with Gasteiger partial charge in [0.15, 0.2) is 8.32 Å². The highest BCUT2D eigenvalue weighted by Gasteiger charge is 2.18. The third-order valence-corrected chi connectivity index (χ3v) is 4.30. The molecule has 0 atom stereocenters. The third-order valence-electron chi connectivity index (χ3n) is 1.70. The lowest BCUT2D eigenvalue weighted by atomic mass is 10.4. The molecule has 0 aromatic heterocycles. The highest BCUT2D eigenvalue weighted by atomic mass is 28.4. The first-order valence-corrected chi connectivity index (χ1v) is 6.90. The van der Waals surface area contributed by atoms with E-state index in [0.717, 1.165) is 0 Å². The van der Waals surface area contributed by atoms with E-state index in [9.17, 15) is 0 Å². The predicted molar refractivity (Wildman–Crippen MR) is 48.7 cm³/mol. The van der Waals surface area contributed by atoms with Gasteiger partial charge in [-0.25, -0.2) is 0 Å². The molecule has 0 bridgehead atoms. The summed E-state index contributed by atoms with van der Waals surface area (Å²) in [5, 5.41) is 0. The van der Waals surface area contributed by atoms with Gasteiger partial charge in [-0.3, -0.25) is 0 Å².